The quantitative estimate of drug-likeness (QED) is 0.0262. The lowest BCUT2D eigenvalue weighted by Gasteiger charge is -2.37. The molecule has 1 aliphatic rings. The van der Waals surface area contributed by atoms with Gasteiger partial charge in [-0.3, -0.25) is 9.59 Å². The maximum absolute atomic E-state index is 12.6. The Balaban J connectivity index is 2.16. The maximum atomic E-state index is 12.6. The van der Waals surface area contributed by atoms with Crippen LogP contribution in [0.5, 0.6) is 0 Å². The van der Waals surface area contributed by atoms with Crippen LogP contribution in [0.25, 0.3) is 0 Å². The normalized spacial score (nSPS) is 14.8. The molecule has 0 amide bonds. The number of carbonyl (C=O) groups excluding carboxylic acids is 2. The molecule has 1 fully saturated rings. The van der Waals surface area contributed by atoms with Crippen LogP contribution in [-0.4, -0.2) is 82.4 Å². The Labute approximate surface area is 346 Å². The number of unbranched alkanes of at least 4 members (excludes halogenated alkanes) is 21. The number of rotatable bonds is 41. The summed E-state index contributed by atoms with van der Waals surface area (Å²) in [6.07, 6.45) is 39.6. The van der Waals surface area contributed by atoms with Gasteiger partial charge in [0.25, 0.3) is 0 Å². The molecule has 330 valence electrons. The summed E-state index contributed by atoms with van der Waals surface area (Å²) in [6, 6.07) is 0. The summed E-state index contributed by atoms with van der Waals surface area (Å²) in [7, 11) is 4.09. The van der Waals surface area contributed by atoms with Crippen LogP contribution >= 0.6 is 0 Å². The molecule has 0 aromatic heterocycles. The van der Waals surface area contributed by atoms with E-state index in [2.05, 4.69) is 24.8 Å². The average Bonchev–Trinajstić information content (AvgIpc) is 3.18. The maximum Gasteiger partial charge on any atom is 0.306 e. The Morgan fingerprint density at radius 3 is 1.62 bits per heavy atom. The smallest absolute Gasteiger partial charge is 0.306 e. The number of carbonyl (C=O) groups is 2. The number of esters is 2. The molecular formula is C48H91NO7. The van der Waals surface area contributed by atoms with Crippen LogP contribution in [0.2, 0.25) is 0 Å². The minimum Gasteiger partial charge on any atom is -0.462 e. The van der Waals surface area contributed by atoms with E-state index >= 15 is 0 Å². The lowest BCUT2D eigenvalue weighted by molar-refractivity contribution is -0.269. The molecule has 0 bridgehead atoms. The number of ether oxygens (including phenoxy) is 5. The minimum atomic E-state index is -0.425. The first-order chi connectivity index (χ1) is 27.4. The van der Waals surface area contributed by atoms with Crippen molar-refractivity contribution in [3.8, 4) is 0 Å². The standard InChI is InChI=1S/C48H91NO7/c1-5-7-9-11-18-24-29-40-53-46(50)35-28-22-17-14-16-21-27-34-45(56-47(51)36-32-39-49(3)4)33-26-20-15-12-13-19-25-31-42-55-48(37-43-52-44-38-48)54-41-30-23-10-8-6-2/h24,29,45H,5-23,25-28,30-44H2,1-4H3. The van der Waals surface area contributed by atoms with Crippen molar-refractivity contribution >= 4 is 11.9 Å². The summed E-state index contributed by atoms with van der Waals surface area (Å²) >= 11 is 0. The highest BCUT2D eigenvalue weighted by atomic mass is 16.7. The van der Waals surface area contributed by atoms with Crippen LogP contribution in [0.15, 0.2) is 12.2 Å². The predicted molar refractivity (Wildman–Crippen MR) is 233 cm³/mol. The van der Waals surface area contributed by atoms with E-state index in [0.29, 0.717) is 19.4 Å². The Kier molecular flexibility index (Phi) is 36.6. The van der Waals surface area contributed by atoms with E-state index in [1.54, 1.807) is 0 Å². The summed E-state index contributed by atoms with van der Waals surface area (Å²) in [5.41, 5.74) is 0. The van der Waals surface area contributed by atoms with Gasteiger partial charge in [-0.1, -0.05) is 142 Å². The van der Waals surface area contributed by atoms with Gasteiger partial charge in [-0.05, 0) is 84.8 Å². The van der Waals surface area contributed by atoms with Crippen LogP contribution in [0.4, 0.5) is 0 Å². The summed E-state index contributed by atoms with van der Waals surface area (Å²) in [5, 5.41) is 0. The van der Waals surface area contributed by atoms with E-state index in [-0.39, 0.29) is 18.0 Å². The molecule has 0 aliphatic carbocycles. The highest BCUT2D eigenvalue weighted by Gasteiger charge is 2.34. The van der Waals surface area contributed by atoms with E-state index in [9.17, 15) is 9.59 Å². The Morgan fingerprint density at radius 2 is 1.07 bits per heavy atom. The molecule has 1 saturated heterocycles. The molecule has 1 unspecified atom stereocenters. The molecular weight excluding hydrogens is 703 g/mol. The monoisotopic (exact) mass is 794 g/mol. The molecule has 1 heterocycles. The van der Waals surface area contributed by atoms with Crippen molar-refractivity contribution < 1.29 is 33.3 Å². The molecule has 1 atom stereocenters. The van der Waals surface area contributed by atoms with E-state index in [1.807, 2.05) is 20.2 Å². The Morgan fingerprint density at radius 1 is 0.589 bits per heavy atom. The highest BCUT2D eigenvalue weighted by molar-refractivity contribution is 5.69. The van der Waals surface area contributed by atoms with Gasteiger partial charge in [-0.15, -0.1) is 0 Å². The first-order valence-electron chi connectivity index (χ1n) is 23.9. The van der Waals surface area contributed by atoms with Crippen molar-refractivity contribution in [3.63, 3.8) is 0 Å². The van der Waals surface area contributed by atoms with Crippen molar-refractivity contribution in [1.82, 2.24) is 4.90 Å². The van der Waals surface area contributed by atoms with Crippen molar-refractivity contribution in [2.75, 3.05) is 53.7 Å². The van der Waals surface area contributed by atoms with Crippen LogP contribution in [-0.2, 0) is 33.3 Å². The summed E-state index contributed by atoms with van der Waals surface area (Å²) in [4.78, 5) is 26.8. The van der Waals surface area contributed by atoms with E-state index < -0.39 is 5.79 Å². The fraction of sp³-hybridized carbons (Fsp3) is 0.917. The molecule has 1 aliphatic heterocycles. The zero-order valence-corrected chi connectivity index (χ0v) is 37.4. The Bertz CT molecular complexity index is 904. The molecule has 0 N–H and O–H groups in total. The van der Waals surface area contributed by atoms with Gasteiger partial charge in [-0.2, -0.15) is 0 Å². The average molecular weight is 794 g/mol. The third-order valence-corrected chi connectivity index (χ3v) is 11.1. The molecule has 56 heavy (non-hydrogen) atoms. The molecule has 0 aromatic rings. The van der Waals surface area contributed by atoms with Crippen LogP contribution in [0, 0.1) is 0 Å². The third-order valence-electron chi connectivity index (χ3n) is 11.1. The van der Waals surface area contributed by atoms with Crippen molar-refractivity contribution in [2.24, 2.45) is 0 Å². The molecule has 1 rings (SSSR count). The van der Waals surface area contributed by atoms with E-state index in [4.69, 9.17) is 23.7 Å². The van der Waals surface area contributed by atoms with Gasteiger partial charge >= 0.3 is 11.9 Å². The second-order valence-corrected chi connectivity index (χ2v) is 16.8. The predicted octanol–water partition coefficient (Wildman–Crippen LogP) is 12.8. The van der Waals surface area contributed by atoms with Crippen molar-refractivity contribution in [1.29, 1.82) is 0 Å². The van der Waals surface area contributed by atoms with Gasteiger partial charge in [0.05, 0.1) is 26.4 Å². The fourth-order valence-corrected chi connectivity index (χ4v) is 7.43. The molecule has 0 aromatic carbocycles. The zero-order valence-electron chi connectivity index (χ0n) is 37.4. The van der Waals surface area contributed by atoms with Gasteiger partial charge in [-0.25, -0.2) is 0 Å². The fourth-order valence-electron chi connectivity index (χ4n) is 7.43. The summed E-state index contributed by atoms with van der Waals surface area (Å²) < 4.78 is 29.7. The Hall–Kier alpha value is -1.48. The first kappa shape index (κ1) is 52.5. The SMILES string of the molecule is CCCCCCC=CCOC(=O)CCCCCCCCCC(CCCCCCCCCCOC1(OCCCCCCC)CCOCC1)OC(=O)CCCN(C)C. The molecule has 8 heteroatoms. The van der Waals surface area contributed by atoms with Gasteiger partial charge < -0.3 is 28.6 Å². The zero-order chi connectivity index (χ0) is 40.6. The molecule has 0 radical (unpaired) electrons. The van der Waals surface area contributed by atoms with Gasteiger partial charge in [0.1, 0.15) is 12.7 Å². The van der Waals surface area contributed by atoms with Crippen molar-refractivity contribution in [2.45, 2.75) is 231 Å². The van der Waals surface area contributed by atoms with Crippen LogP contribution in [0.1, 0.15) is 219 Å². The van der Waals surface area contributed by atoms with Gasteiger partial charge in [0.15, 0.2) is 5.79 Å². The number of nitrogens with zero attached hydrogens (tertiary/aromatic N) is 1. The second kappa shape index (κ2) is 39.0. The first-order valence-corrected chi connectivity index (χ1v) is 23.9. The third kappa shape index (κ3) is 33.5. The lowest BCUT2D eigenvalue weighted by atomic mass is 10.0. The van der Waals surface area contributed by atoms with Gasteiger partial charge in [0, 0.05) is 25.7 Å². The molecule has 8 nitrogen and oxygen atoms in total. The van der Waals surface area contributed by atoms with Crippen molar-refractivity contribution in [3.05, 3.63) is 12.2 Å². The number of hydrogen-bond acceptors (Lipinski definition) is 8. The second-order valence-electron chi connectivity index (χ2n) is 16.8. The number of allylic oxidation sites excluding steroid dienone is 1. The van der Waals surface area contributed by atoms with E-state index in [1.165, 1.54) is 109 Å². The highest BCUT2D eigenvalue weighted by Crippen LogP contribution is 2.28. The largest absolute Gasteiger partial charge is 0.462 e. The number of hydrogen-bond donors (Lipinski definition) is 0. The summed E-state index contributed by atoms with van der Waals surface area (Å²) in [5.74, 6) is -0.533. The van der Waals surface area contributed by atoms with Crippen LogP contribution < -0.4 is 0 Å². The molecule has 0 saturated carbocycles. The van der Waals surface area contributed by atoms with Crippen LogP contribution in [0.3, 0.4) is 0 Å². The molecule has 0 spiro atoms. The van der Waals surface area contributed by atoms with E-state index in [0.717, 1.165) is 116 Å². The van der Waals surface area contributed by atoms with Gasteiger partial charge in [0.2, 0.25) is 0 Å². The summed E-state index contributed by atoms with van der Waals surface area (Å²) in [6.45, 7) is 8.84. The lowest BCUT2D eigenvalue weighted by Crippen LogP contribution is -2.42. The minimum absolute atomic E-state index is 0.0329. The topological polar surface area (TPSA) is 83.5 Å².